The Morgan fingerprint density at radius 3 is 2.19 bits per heavy atom. The molecule has 1 aromatic heterocycles. The summed E-state index contributed by atoms with van der Waals surface area (Å²) in [6.45, 7) is 0. The molecule has 0 unspecified atom stereocenters. The van der Waals surface area contributed by atoms with Gasteiger partial charge in [0.15, 0.2) is 0 Å². The van der Waals surface area contributed by atoms with Crippen LogP contribution in [0.25, 0.3) is 11.3 Å². The zero-order valence-electron chi connectivity index (χ0n) is 16.3. The van der Waals surface area contributed by atoms with E-state index < -0.39 is 26.6 Å². The molecule has 10 heteroatoms. The van der Waals surface area contributed by atoms with Crippen molar-refractivity contribution in [1.82, 2.24) is 9.97 Å². The van der Waals surface area contributed by atoms with Crippen molar-refractivity contribution < 1.29 is 21.6 Å². The summed E-state index contributed by atoms with van der Waals surface area (Å²) in [5.74, 6) is -1.99. The monoisotopic (exact) mass is 456 g/mol. The second-order valence-electron chi connectivity index (χ2n) is 6.68. The Labute approximate surface area is 181 Å². The fraction of sp³-hybridized carbons (Fsp3) is 0. The molecular formula is C22H15F3N4O2S. The number of nitrogens with zero attached hydrogens (tertiary/aromatic N) is 2. The predicted molar refractivity (Wildman–Crippen MR) is 114 cm³/mol. The number of rotatable bonds is 6. The number of aromatic nitrogens is 2. The summed E-state index contributed by atoms with van der Waals surface area (Å²) < 4.78 is 67.3. The average molecular weight is 456 g/mol. The molecule has 0 saturated heterocycles. The van der Waals surface area contributed by atoms with Gasteiger partial charge in [-0.05, 0) is 48.5 Å². The van der Waals surface area contributed by atoms with Crippen LogP contribution in [-0.4, -0.2) is 18.4 Å². The third kappa shape index (κ3) is 4.86. The van der Waals surface area contributed by atoms with E-state index in [1.807, 2.05) is 0 Å². The van der Waals surface area contributed by atoms with Crippen molar-refractivity contribution in [3.63, 3.8) is 0 Å². The van der Waals surface area contributed by atoms with Gasteiger partial charge < -0.3 is 5.32 Å². The minimum atomic E-state index is -4.24. The highest BCUT2D eigenvalue weighted by molar-refractivity contribution is 7.92. The van der Waals surface area contributed by atoms with Crippen molar-refractivity contribution in [3.05, 3.63) is 96.6 Å². The van der Waals surface area contributed by atoms with E-state index in [1.165, 1.54) is 30.6 Å². The van der Waals surface area contributed by atoms with Gasteiger partial charge in [0.1, 0.15) is 34.5 Å². The Morgan fingerprint density at radius 2 is 1.47 bits per heavy atom. The molecule has 0 aliphatic carbocycles. The molecule has 0 saturated carbocycles. The summed E-state index contributed by atoms with van der Waals surface area (Å²) in [6, 6.07) is 16.0. The van der Waals surface area contributed by atoms with E-state index in [4.69, 9.17) is 0 Å². The maximum absolute atomic E-state index is 13.8. The van der Waals surface area contributed by atoms with Gasteiger partial charge in [-0.1, -0.05) is 12.1 Å². The molecule has 0 atom stereocenters. The van der Waals surface area contributed by atoms with Gasteiger partial charge in [-0.25, -0.2) is 31.6 Å². The third-order valence-electron chi connectivity index (χ3n) is 4.38. The molecule has 0 fully saturated rings. The van der Waals surface area contributed by atoms with E-state index in [-0.39, 0.29) is 11.5 Å². The highest BCUT2D eigenvalue weighted by Gasteiger charge is 2.19. The minimum absolute atomic E-state index is 0.183. The normalized spacial score (nSPS) is 11.2. The van der Waals surface area contributed by atoms with E-state index in [2.05, 4.69) is 20.0 Å². The first kappa shape index (κ1) is 21.3. The van der Waals surface area contributed by atoms with Gasteiger partial charge >= 0.3 is 0 Å². The summed E-state index contributed by atoms with van der Waals surface area (Å²) >= 11 is 0. The van der Waals surface area contributed by atoms with Crippen LogP contribution in [-0.2, 0) is 10.0 Å². The SMILES string of the molecule is O=S(=O)(Nc1ccc(Nc2cc(-c3cccc(F)c3)ncn2)cc1)c1ccc(F)cc1F. The van der Waals surface area contributed by atoms with E-state index in [9.17, 15) is 21.6 Å². The van der Waals surface area contributed by atoms with Crippen LogP contribution in [0.15, 0.2) is 84.0 Å². The van der Waals surface area contributed by atoms with Gasteiger partial charge in [0.05, 0.1) is 5.69 Å². The molecule has 6 nitrogen and oxygen atoms in total. The van der Waals surface area contributed by atoms with E-state index in [0.717, 1.165) is 12.1 Å². The molecule has 2 N–H and O–H groups in total. The molecule has 162 valence electrons. The number of hydrogen-bond donors (Lipinski definition) is 2. The van der Waals surface area contributed by atoms with Crippen molar-refractivity contribution >= 4 is 27.2 Å². The summed E-state index contributed by atoms with van der Waals surface area (Å²) in [5.41, 5.74) is 1.88. The number of benzene rings is 3. The lowest BCUT2D eigenvalue weighted by atomic mass is 10.1. The van der Waals surface area contributed by atoms with Crippen LogP contribution in [0.4, 0.5) is 30.4 Å². The number of nitrogens with one attached hydrogen (secondary N) is 2. The van der Waals surface area contributed by atoms with E-state index in [1.54, 1.807) is 30.3 Å². The van der Waals surface area contributed by atoms with E-state index in [0.29, 0.717) is 28.8 Å². The molecule has 0 radical (unpaired) electrons. The fourth-order valence-corrected chi connectivity index (χ4v) is 4.02. The third-order valence-corrected chi connectivity index (χ3v) is 5.79. The lowest BCUT2D eigenvalue weighted by molar-refractivity contribution is 0.551. The van der Waals surface area contributed by atoms with Crippen molar-refractivity contribution in [2.75, 3.05) is 10.0 Å². The van der Waals surface area contributed by atoms with Crippen molar-refractivity contribution in [2.45, 2.75) is 4.90 Å². The first-order valence-electron chi connectivity index (χ1n) is 9.23. The topological polar surface area (TPSA) is 84.0 Å². The molecule has 4 rings (SSSR count). The lowest BCUT2D eigenvalue weighted by Crippen LogP contribution is -2.14. The molecule has 0 aliphatic rings. The van der Waals surface area contributed by atoms with E-state index >= 15 is 0 Å². The zero-order valence-corrected chi connectivity index (χ0v) is 17.1. The summed E-state index contributed by atoms with van der Waals surface area (Å²) in [6.07, 6.45) is 1.34. The van der Waals surface area contributed by atoms with Gasteiger partial charge in [0.2, 0.25) is 0 Å². The highest BCUT2D eigenvalue weighted by atomic mass is 32.2. The van der Waals surface area contributed by atoms with Gasteiger partial charge in [-0.2, -0.15) is 0 Å². The second kappa shape index (κ2) is 8.67. The van der Waals surface area contributed by atoms with Crippen molar-refractivity contribution in [3.8, 4) is 11.3 Å². The molecule has 1 heterocycles. The van der Waals surface area contributed by atoms with Crippen molar-refractivity contribution in [2.24, 2.45) is 0 Å². The van der Waals surface area contributed by atoms with Crippen LogP contribution >= 0.6 is 0 Å². The molecule has 32 heavy (non-hydrogen) atoms. The Hall–Kier alpha value is -3.92. The summed E-state index contributed by atoms with van der Waals surface area (Å²) in [5, 5.41) is 3.04. The van der Waals surface area contributed by atoms with Crippen LogP contribution in [0.1, 0.15) is 0 Å². The molecule has 4 aromatic rings. The van der Waals surface area contributed by atoms with Crippen LogP contribution in [0, 0.1) is 17.5 Å². The van der Waals surface area contributed by atoms with Gasteiger partial charge in [0.25, 0.3) is 10.0 Å². The predicted octanol–water partition coefficient (Wildman–Crippen LogP) is 5.11. The molecule has 0 amide bonds. The largest absolute Gasteiger partial charge is 0.340 e. The Balaban J connectivity index is 1.49. The zero-order chi connectivity index (χ0) is 22.7. The fourth-order valence-electron chi connectivity index (χ4n) is 2.90. The number of sulfonamides is 1. The lowest BCUT2D eigenvalue weighted by Gasteiger charge is -2.11. The Kier molecular flexibility index (Phi) is 5.78. The minimum Gasteiger partial charge on any atom is -0.340 e. The summed E-state index contributed by atoms with van der Waals surface area (Å²) in [7, 11) is -4.24. The van der Waals surface area contributed by atoms with Crippen LogP contribution in [0.2, 0.25) is 0 Å². The number of anilines is 3. The molecule has 0 spiro atoms. The summed E-state index contributed by atoms with van der Waals surface area (Å²) in [4.78, 5) is 7.60. The average Bonchev–Trinajstić information content (AvgIpc) is 2.75. The maximum atomic E-state index is 13.8. The first-order valence-corrected chi connectivity index (χ1v) is 10.7. The quantitative estimate of drug-likeness (QED) is 0.422. The van der Waals surface area contributed by atoms with Crippen molar-refractivity contribution in [1.29, 1.82) is 0 Å². The van der Waals surface area contributed by atoms with Gasteiger partial charge in [0, 0.05) is 29.1 Å². The molecule has 0 aliphatic heterocycles. The Bertz CT molecular complexity index is 1380. The maximum Gasteiger partial charge on any atom is 0.264 e. The first-order chi connectivity index (χ1) is 15.3. The molecule has 0 bridgehead atoms. The smallest absolute Gasteiger partial charge is 0.264 e. The molecule has 3 aromatic carbocycles. The number of halogens is 3. The second-order valence-corrected chi connectivity index (χ2v) is 8.33. The van der Waals surface area contributed by atoms with Crippen LogP contribution in [0.5, 0.6) is 0 Å². The van der Waals surface area contributed by atoms with Crippen LogP contribution in [0.3, 0.4) is 0 Å². The Morgan fingerprint density at radius 1 is 0.750 bits per heavy atom. The van der Waals surface area contributed by atoms with Gasteiger partial charge in [-0.15, -0.1) is 0 Å². The standard InChI is InChI=1S/C22H15F3N4O2S/c23-15-3-1-2-14(10-15)20-12-22(27-13-26-20)28-17-5-7-18(8-6-17)29-32(30,31)21-9-4-16(24)11-19(21)25/h1-13,29H,(H,26,27,28). The number of hydrogen-bond acceptors (Lipinski definition) is 5. The molecular weight excluding hydrogens is 441 g/mol. The highest BCUT2D eigenvalue weighted by Crippen LogP contribution is 2.24. The van der Waals surface area contributed by atoms with Gasteiger partial charge in [-0.3, -0.25) is 4.72 Å². The van der Waals surface area contributed by atoms with Crippen LogP contribution < -0.4 is 10.0 Å².